The summed E-state index contributed by atoms with van der Waals surface area (Å²) in [5.74, 6) is 0.334. The van der Waals surface area contributed by atoms with E-state index in [0.717, 1.165) is 27.8 Å². The van der Waals surface area contributed by atoms with Crippen LogP contribution < -0.4 is 0 Å². The van der Waals surface area contributed by atoms with Gasteiger partial charge in [0.25, 0.3) is 0 Å². The molecule has 0 aliphatic heterocycles. The first-order valence-electron chi connectivity index (χ1n) is 30.3. The third-order valence-electron chi connectivity index (χ3n) is 12.3. The van der Waals surface area contributed by atoms with Crippen LogP contribution in [0, 0.1) is 20.7 Å². The summed E-state index contributed by atoms with van der Waals surface area (Å²) in [5.41, 5.74) is 4.56. The number of hydrogen-bond donors (Lipinski definition) is 1. The first-order valence-corrected chi connectivity index (χ1v) is 22.3. The number of nitrogens with zero attached hydrogens (tertiary/aromatic N) is 3. The van der Waals surface area contributed by atoms with Gasteiger partial charge >= 0.3 is 0 Å². The maximum atomic E-state index is 12.0. The van der Waals surface area contributed by atoms with Crippen LogP contribution in [0.3, 0.4) is 0 Å². The topological polar surface area (TPSA) is 50.9 Å². The highest BCUT2D eigenvalue weighted by atomic mass is 16.3. The third-order valence-corrected chi connectivity index (χ3v) is 12.3. The quantitative estimate of drug-likeness (QED) is 0.173. The van der Waals surface area contributed by atoms with Crippen molar-refractivity contribution in [3.63, 3.8) is 0 Å². The van der Waals surface area contributed by atoms with E-state index >= 15 is 0 Å². The molecule has 0 atom stereocenters. The molecule has 0 radical (unpaired) electrons. The molecule has 336 valence electrons. The molecule has 1 N–H and O–H groups in total. The van der Waals surface area contributed by atoms with Gasteiger partial charge in [0.2, 0.25) is 0 Å². The lowest BCUT2D eigenvalue weighted by atomic mass is 9.83. The number of benzene rings is 7. The van der Waals surface area contributed by atoms with Crippen molar-refractivity contribution in [3.05, 3.63) is 191 Å². The Bertz CT molecular complexity index is 3940. The van der Waals surface area contributed by atoms with Gasteiger partial charge in [0.1, 0.15) is 11.6 Å². The van der Waals surface area contributed by atoms with E-state index < -0.39 is 68.0 Å². The van der Waals surface area contributed by atoms with Crippen LogP contribution in [0.25, 0.3) is 83.9 Å². The van der Waals surface area contributed by atoms with E-state index in [2.05, 4.69) is 20.8 Å². The van der Waals surface area contributed by atoms with Gasteiger partial charge in [-0.25, -0.2) is 4.98 Å². The Balaban J connectivity index is 1.31. The van der Waals surface area contributed by atoms with E-state index in [-0.39, 0.29) is 27.9 Å². The number of aryl methyl sites for hydroxylation is 3. The van der Waals surface area contributed by atoms with E-state index in [1.54, 1.807) is 6.07 Å². The summed E-state index contributed by atoms with van der Waals surface area (Å²) in [5, 5.41) is 12.0. The van der Waals surface area contributed by atoms with E-state index in [1.807, 2.05) is 148 Å². The normalized spacial score (nSPS) is 16.5. The Labute approximate surface area is 420 Å². The minimum absolute atomic E-state index is 0.00733. The number of hydrogen-bond acceptors (Lipinski definition) is 3. The maximum absolute atomic E-state index is 12.0. The monoisotopic (exact) mass is 894 g/mol. The van der Waals surface area contributed by atoms with Crippen molar-refractivity contribution in [1.82, 2.24) is 14.5 Å². The zero-order chi connectivity index (χ0) is 61.1. The van der Waals surface area contributed by atoms with Gasteiger partial charge in [-0.05, 0) is 152 Å². The molecule has 0 saturated heterocycles. The molecule has 0 saturated carbocycles. The molecule has 2 aromatic heterocycles. The van der Waals surface area contributed by atoms with Crippen LogP contribution in [0.4, 0.5) is 0 Å². The number of aromatic nitrogens is 3. The first kappa shape index (κ1) is 29.6. The van der Waals surface area contributed by atoms with Gasteiger partial charge in [0.05, 0.1) is 33.5 Å². The molecule has 0 amide bonds. The molecule has 0 aliphatic rings. The van der Waals surface area contributed by atoms with Gasteiger partial charge in [0.15, 0.2) is 0 Å². The molecule has 2 heterocycles. The molecule has 0 bridgehead atoms. The Morgan fingerprint density at radius 2 is 1.22 bits per heavy atom. The zero-order valence-electron chi connectivity index (χ0n) is 55.0. The molecule has 0 spiro atoms. The number of para-hydroxylation sites is 1. The lowest BCUT2D eigenvalue weighted by Gasteiger charge is -2.22. The van der Waals surface area contributed by atoms with Crippen molar-refractivity contribution in [2.24, 2.45) is 0 Å². The smallest absolute Gasteiger partial charge is 0.149 e. The first-order chi connectivity index (χ1) is 38.4. The lowest BCUT2D eigenvalue weighted by Crippen LogP contribution is -2.11. The average Bonchev–Trinajstić information content (AvgIpc) is 0.922. The van der Waals surface area contributed by atoms with Crippen molar-refractivity contribution in [3.8, 4) is 78.6 Å². The molecular formula is C63H63N3O. The van der Waals surface area contributed by atoms with Gasteiger partial charge < -0.3 is 5.11 Å². The van der Waals surface area contributed by atoms with Crippen LogP contribution >= 0.6 is 0 Å². The minimum atomic E-state index is -3.83. The van der Waals surface area contributed by atoms with Gasteiger partial charge in [-0.2, -0.15) is 0 Å². The summed E-state index contributed by atoms with van der Waals surface area (Å²) in [6, 6.07) is 35.6. The van der Waals surface area contributed by atoms with Gasteiger partial charge in [-0.1, -0.05) is 165 Å². The fraction of sp³-hybridized carbons (Fsp3) is 0.238. The number of aromatic hydroxyl groups is 1. The largest absolute Gasteiger partial charge is 0.507 e. The standard InChI is InChI=1S/C63H63N3O/c1-39-31-41(3)59(67)54(32-39)60-65-58-51(46-34-47(36-50(35-46)63(10,11)12)55-37-45(29-30-64-55)42-21-25-48(26-22-42)61(4,5)6)19-16-20-56(58)66(60)57-33-40(2)52(38-53(57)43-17-14-13-15-18-43)44-23-27-49(28-24-44)62(7,8)9/h13-38,67H,1-12H3/i2D3,4D3,5D3,6D3,21D,22D,25D,26D. The molecule has 4 heteroatoms. The Hall–Kier alpha value is -7.04. The minimum Gasteiger partial charge on any atom is -0.507 e. The van der Waals surface area contributed by atoms with Crippen LogP contribution in [0.2, 0.25) is 0 Å². The highest BCUT2D eigenvalue weighted by Gasteiger charge is 2.26. The number of pyridine rings is 1. The fourth-order valence-electron chi connectivity index (χ4n) is 8.65. The fourth-order valence-corrected chi connectivity index (χ4v) is 8.65. The van der Waals surface area contributed by atoms with Crippen LogP contribution in [0.5, 0.6) is 5.75 Å². The predicted octanol–water partition coefficient (Wildman–Crippen LogP) is 16.9. The second kappa shape index (κ2) is 17.0. The van der Waals surface area contributed by atoms with E-state index in [0.29, 0.717) is 67.2 Å². The van der Waals surface area contributed by atoms with Crippen LogP contribution in [-0.2, 0) is 16.2 Å². The second-order valence-electron chi connectivity index (χ2n) is 19.5. The number of fused-ring (bicyclic) bond motifs is 1. The summed E-state index contributed by atoms with van der Waals surface area (Å²) >= 11 is 0. The highest BCUT2D eigenvalue weighted by molar-refractivity contribution is 5.98. The molecule has 0 unspecified atom stereocenters. The molecule has 67 heavy (non-hydrogen) atoms. The van der Waals surface area contributed by atoms with Crippen molar-refractivity contribution < 1.29 is 27.0 Å². The molecule has 7 aromatic carbocycles. The summed E-state index contributed by atoms with van der Waals surface area (Å²) in [6.45, 7) is 2.12. The van der Waals surface area contributed by atoms with Crippen molar-refractivity contribution >= 4 is 11.0 Å². The lowest BCUT2D eigenvalue weighted by molar-refractivity contribution is 0.472. The van der Waals surface area contributed by atoms with E-state index in [1.165, 1.54) is 18.3 Å². The molecule has 0 aliphatic carbocycles. The summed E-state index contributed by atoms with van der Waals surface area (Å²) in [7, 11) is 0. The molecule has 9 aromatic rings. The number of imidazole rings is 1. The van der Waals surface area contributed by atoms with Crippen LogP contribution in [0.15, 0.2) is 158 Å². The average molecular weight is 894 g/mol. The van der Waals surface area contributed by atoms with Gasteiger partial charge in [-0.15, -0.1) is 0 Å². The van der Waals surface area contributed by atoms with E-state index in [9.17, 15) is 5.11 Å². The highest BCUT2D eigenvalue weighted by Crippen LogP contribution is 2.44. The van der Waals surface area contributed by atoms with Crippen molar-refractivity contribution in [1.29, 1.82) is 0 Å². The predicted molar refractivity (Wildman–Crippen MR) is 283 cm³/mol. The number of rotatable bonds is 7. The molecule has 4 nitrogen and oxygen atoms in total. The van der Waals surface area contributed by atoms with Crippen molar-refractivity contribution in [2.75, 3.05) is 0 Å². The Kier molecular flexibility index (Phi) is 7.50. The molecule has 9 rings (SSSR count). The van der Waals surface area contributed by atoms with Gasteiger partial charge in [0, 0.05) is 39.3 Å². The Morgan fingerprint density at radius 1 is 0.522 bits per heavy atom. The zero-order valence-corrected chi connectivity index (χ0v) is 39.0. The molecule has 0 fully saturated rings. The Morgan fingerprint density at radius 3 is 1.91 bits per heavy atom. The van der Waals surface area contributed by atoms with E-state index in [4.69, 9.17) is 31.9 Å². The van der Waals surface area contributed by atoms with Crippen LogP contribution in [-0.4, -0.2) is 19.6 Å². The number of phenols is 1. The van der Waals surface area contributed by atoms with Crippen molar-refractivity contribution in [2.45, 2.75) is 99.0 Å². The summed E-state index contributed by atoms with van der Waals surface area (Å²) < 4.78 is 140. The maximum Gasteiger partial charge on any atom is 0.149 e. The SMILES string of the molecule is [2H]c1c([2H])c(C(C([2H])([2H])[2H])(C([2H])([2H])[2H])C([2H])([2H])[2H])c([2H])c([2H])c1-c1ccnc(-c2cc(-c3cccc4c3nc(-c3cc(C)cc(C)c3O)n4-c3cc(C([2H])([2H])[2H])c(-c4ccc(C(C)(C)C)cc4)cc3-c3ccccc3)cc(C(C)(C)C)c2)c1. The second-order valence-corrected chi connectivity index (χ2v) is 19.5. The van der Waals surface area contributed by atoms with Crippen LogP contribution in [0.1, 0.15) is 117 Å². The number of phenolic OH excluding ortho intramolecular Hbond substituents is 1. The van der Waals surface area contributed by atoms with Gasteiger partial charge in [-0.3, -0.25) is 9.55 Å². The third kappa shape index (κ3) is 8.86. The summed E-state index contributed by atoms with van der Waals surface area (Å²) in [6.07, 6.45) is 1.40. The molecular weight excluding hydrogens is 815 g/mol. The summed E-state index contributed by atoms with van der Waals surface area (Å²) in [4.78, 5) is 10.2.